The van der Waals surface area contributed by atoms with Crippen molar-refractivity contribution in [2.45, 2.75) is 27.7 Å². The van der Waals surface area contributed by atoms with E-state index in [1.165, 1.54) is 0 Å². The van der Waals surface area contributed by atoms with E-state index in [2.05, 4.69) is 0 Å². The van der Waals surface area contributed by atoms with Gasteiger partial charge in [0.25, 0.3) is 0 Å². The second-order valence-corrected chi connectivity index (χ2v) is 3.42. The summed E-state index contributed by atoms with van der Waals surface area (Å²) in [6, 6.07) is 0. The molecule has 1 amide bonds. The van der Waals surface area contributed by atoms with E-state index in [4.69, 9.17) is 5.73 Å². The Bertz CT molecular complexity index is 115. The molecule has 2 N–H and O–H groups in total. The van der Waals surface area contributed by atoms with Crippen LogP contribution in [-0.4, -0.2) is 5.91 Å². The number of hydrogen-bond acceptors (Lipinski definition) is 1. The zero-order valence-electron chi connectivity index (χ0n) is 7.52. The topological polar surface area (TPSA) is 43.1 Å². The second kappa shape index (κ2) is 5.62. The zero-order valence-corrected chi connectivity index (χ0v) is 8.46. The third-order valence-electron chi connectivity index (χ3n) is 1.76. The van der Waals surface area contributed by atoms with E-state index in [1.807, 2.05) is 27.7 Å². The number of hydrogen-bond donors (Lipinski definition) is 1. The van der Waals surface area contributed by atoms with Gasteiger partial charge in [-0.3, -0.25) is 4.79 Å². The van der Waals surface area contributed by atoms with Crippen molar-refractivity contribution in [3.8, 4) is 0 Å². The molecule has 1 radical (unpaired) electrons. The number of primary amides is 1. The normalized spacial score (nSPS) is 10.5. The van der Waals surface area contributed by atoms with E-state index in [0.717, 1.165) is 0 Å². The SMILES string of the molecule is CC(C)C(C(N)=O)C(C)C.[Cu]. The molecular weight excluding hydrogens is 190 g/mol. The number of carbonyl (C=O) groups is 1. The van der Waals surface area contributed by atoms with Crippen LogP contribution in [0.25, 0.3) is 0 Å². The summed E-state index contributed by atoms with van der Waals surface area (Å²) in [6.45, 7) is 8.09. The Labute approximate surface area is 79.4 Å². The maximum absolute atomic E-state index is 10.8. The van der Waals surface area contributed by atoms with Gasteiger partial charge in [0.05, 0.1) is 0 Å². The fourth-order valence-corrected chi connectivity index (χ4v) is 1.43. The Kier molecular flexibility index (Phi) is 6.93. The van der Waals surface area contributed by atoms with Gasteiger partial charge in [0.1, 0.15) is 0 Å². The Morgan fingerprint density at radius 1 is 1.09 bits per heavy atom. The van der Waals surface area contributed by atoms with Gasteiger partial charge in [-0.25, -0.2) is 0 Å². The van der Waals surface area contributed by atoms with Crippen LogP contribution < -0.4 is 5.73 Å². The van der Waals surface area contributed by atoms with Gasteiger partial charge in [0.2, 0.25) is 5.91 Å². The van der Waals surface area contributed by atoms with Crippen LogP contribution in [0, 0.1) is 17.8 Å². The molecule has 0 aliphatic heterocycles. The number of carbonyl (C=O) groups excluding carboxylic acids is 1. The van der Waals surface area contributed by atoms with Gasteiger partial charge in [-0.1, -0.05) is 27.7 Å². The summed E-state index contributed by atoms with van der Waals surface area (Å²) in [5.74, 6) is 0.569. The molecule has 0 aromatic heterocycles. The Balaban J connectivity index is 0. The van der Waals surface area contributed by atoms with Crippen molar-refractivity contribution >= 4 is 5.91 Å². The first-order chi connectivity index (χ1) is 4.46. The van der Waals surface area contributed by atoms with Crippen molar-refractivity contribution < 1.29 is 21.9 Å². The van der Waals surface area contributed by atoms with E-state index in [-0.39, 0.29) is 28.9 Å². The Morgan fingerprint density at radius 3 is 1.36 bits per heavy atom. The van der Waals surface area contributed by atoms with Crippen LogP contribution in [0.5, 0.6) is 0 Å². The summed E-state index contributed by atoms with van der Waals surface area (Å²) in [6.07, 6.45) is 0. The van der Waals surface area contributed by atoms with Crippen LogP contribution >= 0.6 is 0 Å². The van der Waals surface area contributed by atoms with E-state index in [1.54, 1.807) is 0 Å². The van der Waals surface area contributed by atoms with Crippen molar-refractivity contribution in [2.75, 3.05) is 0 Å². The smallest absolute Gasteiger partial charge is 0.221 e. The van der Waals surface area contributed by atoms with Gasteiger partial charge in [-0.15, -0.1) is 0 Å². The molecule has 0 aromatic rings. The van der Waals surface area contributed by atoms with Gasteiger partial charge < -0.3 is 5.73 Å². The molecule has 0 aliphatic rings. The largest absolute Gasteiger partial charge is 0.369 e. The van der Waals surface area contributed by atoms with Crippen LogP contribution in [0.3, 0.4) is 0 Å². The Hall–Kier alpha value is -0.0105. The molecule has 3 heteroatoms. The molecular formula is C8H17CuNO. The molecule has 11 heavy (non-hydrogen) atoms. The van der Waals surface area contributed by atoms with Crippen LogP contribution in [0.4, 0.5) is 0 Å². The molecule has 0 fully saturated rings. The summed E-state index contributed by atoms with van der Waals surface area (Å²) < 4.78 is 0. The van der Waals surface area contributed by atoms with E-state index >= 15 is 0 Å². The first-order valence-corrected chi connectivity index (χ1v) is 3.76. The molecule has 71 valence electrons. The van der Waals surface area contributed by atoms with Gasteiger partial charge in [-0.05, 0) is 11.8 Å². The monoisotopic (exact) mass is 206 g/mol. The summed E-state index contributed by atoms with van der Waals surface area (Å²) in [7, 11) is 0. The molecule has 0 unspecified atom stereocenters. The van der Waals surface area contributed by atoms with Gasteiger partial charge in [-0.2, -0.15) is 0 Å². The Morgan fingerprint density at radius 2 is 1.36 bits per heavy atom. The maximum atomic E-state index is 10.8. The van der Waals surface area contributed by atoms with Crippen LogP contribution in [0.1, 0.15) is 27.7 Å². The minimum Gasteiger partial charge on any atom is -0.369 e. The van der Waals surface area contributed by atoms with Crippen molar-refractivity contribution in [1.29, 1.82) is 0 Å². The first-order valence-electron chi connectivity index (χ1n) is 3.76. The minimum atomic E-state index is -0.176. The minimum absolute atomic E-state index is 0. The van der Waals surface area contributed by atoms with Crippen LogP contribution in [-0.2, 0) is 21.9 Å². The number of nitrogens with two attached hydrogens (primary N) is 1. The molecule has 0 heterocycles. The van der Waals surface area contributed by atoms with Crippen LogP contribution in [0.2, 0.25) is 0 Å². The third kappa shape index (κ3) is 4.44. The summed E-state index contributed by atoms with van der Waals surface area (Å²) in [5.41, 5.74) is 5.20. The molecule has 2 nitrogen and oxygen atoms in total. The van der Waals surface area contributed by atoms with Crippen LogP contribution in [0.15, 0.2) is 0 Å². The number of rotatable bonds is 3. The van der Waals surface area contributed by atoms with Crippen molar-refractivity contribution in [1.82, 2.24) is 0 Å². The molecule has 0 atom stereocenters. The van der Waals surface area contributed by atoms with Crippen molar-refractivity contribution in [2.24, 2.45) is 23.5 Å². The van der Waals surface area contributed by atoms with Gasteiger partial charge >= 0.3 is 0 Å². The molecule has 0 saturated heterocycles. The summed E-state index contributed by atoms with van der Waals surface area (Å²) >= 11 is 0. The molecule has 0 aromatic carbocycles. The average Bonchev–Trinajstić information content (AvgIpc) is 1.59. The standard InChI is InChI=1S/C8H17NO.Cu/c1-5(2)7(6(3)4)8(9)10;/h5-7H,1-4H3,(H2,9,10);. The first kappa shape index (κ1) is 13.6. The molecule has 0 spiro atoms. The third-order valence-corrected chi connectivity index (χ3v) is 1.76. The molecule has 0 aliphatic carbocycles. The van der Waals surface area contributed by atoms with Gasteiger partial charge in [0, 0.05) is 23.0 Å². The predicted octanol–water partition coefficient (Wildman–Crippen LogP) is 1.40. The maximum Gasteiger partial charge on any atom is 0.221 e. The van der Waals surface area contributed by atoms with E-state index < -0.39 is 0 Å². The fourth-order valence-electron chi connectivity index (χ4n) is 1.43. The summed E-state index contributed by atoms with van der Waals surface area (Å²) in [4.78, 5) is 10.8. The fraction of sp³-hybridized carbons (Fsp3) is 0.875. The van der Waals surface area contributed by atoms with Crippen molar-refractivity contribution in [3.05, 3.63) is 0 Å². The van der Waals surface area contributed by atoms with Crippen molar-refractivity contribution in [3.63, 3.8) is 0 Å². The van der Waals surface area contributed by atoms with Gasteiger partial charge in [0.15, 0.2) is 0 Å². The second-order valence-electron chi connectivity index (χ2n) is 3.42. The quantitative estimate of drug-likeness (QED) is 0.698. The summed E-state index contributed by atoms with van der Waals surface area (Å²) in [5, 5.41) is 0. The molecule has 0 saturated carbocycles. The molecule has 0 rings (SSSR count). The number of amides is 1. The zero-order chi connectivity index (χ0) is 8.31. The predicted molar refractivity (Wildman–Crippen MR) is 42.4 cm³/mol. The molecule has 0 bridgehead atoms. The van der Waals surface area contributed by atoms with E-state index in [0.29, 0.717) is 11.8 Å². The average molecular weight is 207 g/mol. The van der Waals surface area contributed by atoms with E-state index in [9.17, 15) is 4.79 Å².